The Balaban J connectivity index is 1.80. The third-order valence-corrected chi connectivity index (χ3v) is 7.23. The number of rotatable bonds is 8. The number of hydrogen-bond donors (Lipinski definition) is 0. The van der Waals surface area contributed by atoms with Crippen LogP contribution in [0.5, 0.6) is 17.2 Å². The van der Waals surface area contributed by atoms with E-state index in [0.29, 0.717) is 12.5 Å². The van der Waals surface area contributed by atoms with Crippen LogP contribution in [0, 0.1) is 6.92 Å². The lowest BCUT2D eigenvalue weighted by atomic mass is 9.81. The van der Waals surface area contributed by atoms with E-state index >= 15 is 0 Å². The number of nitrogens with zero attached hydrogens (tertiary/aromatic N) is 1. The van der Waals surface area contributed by atoms with Crippen LogP contribution in [0.25, 0.3) is 0 Å². The predicted molar refractivity (Wildman–Crippen MR) is 145 cm³/mol. The summed E-state index contributed by atoms with van der Waals surface area (Å²) in [5.41, 5.74) is 6.56. The minimum Gasteiger partial charge on any atom is -0.497 e. The number of hydrogen-bond acceptors (Lipinski definition) is 4. The molecule has 36 heavy (non-hydrogen) atoms. The predicted octanol–water partition coefficient (Wildman–Crippen LogP) is 6.80. The Morgan fingerprint density at radius 2 is 1.67 bits per heavy atom. The number of carbonyl (C=O) groups is 1. The summed E-state index contributed by atoms with van der Waals surface area (Å²) in [5, 5.41) is 0. The van der Waals surface area contributed by atoms with Gasteiger partial charge in [-0.25, -0.2) is 0 Å². The molecule has 1 aliphatic rings. The lowest BCUT2D eigenvalue weighted by Crippen LogP contribution is -2.36. The number of anilines is 1. The molecule has 5 heteroatoms. The Labute approximate surface area is 215 Å². The maximum atomic E-state index is 14.4. The average Bonchev–Trinajstić information content (AvgIpc) is 2.90. The SMILES string of the molecule is COc1ccc(OC)c(CN(C(=O)C2CCCc3ccc(OC)cc32)c2ccc(C(C)C)c(C)c2)c1. The summed E-state index contributed by atoms with van der Waals surface area (Å²) in [7, 11) is 4.97. The van der Waals surface area contributed by atoms with Gasteiger partial charge in [-0.3, -0.25) is 4.79 Å². The molecule has 5 nitrogen and oxygen atoms in total. The van der Waals surface area contributed by atoms with Crippen molar-refractivity contribution in [3.8, 4) is 17.2 Å². The zero-order chi connectivity index (χ0) is 25.8. The summed E-state index contributed by atoms with van der Waals surface area (Å²) in [6, 6.07) is 18.2. The Hall–Kier alpha value is -3.47. The van der Waals surface area contributed by atoms with E-state index in [4.69, 9.17) is 14.2 Å². The molecule has 0 spiro atoms. The van der Waals surface area contributed by atoms with Gasteiger partial charge in [-0.1, -0.05) is 26.0 Å². The second kappa shape index (κ2) is 11.1. The second-order valence-electron chi connectivity index (χ2n) is 9.81. The molecule has 3 aromatic carbocycles. The summed E-state index contributed by atoms with van der Waals surface area (Å²) >= 11 is 0. The molecule has 0 saturated heterocycles. The van der Waals surface area contributed by atoms with Gasteiger partial charge < -0.3 is 19.1 Å². The van der Waals surface area contributed by atoms with Crippen LogP contribution in [0.4, 0.5) is 5.69 Å². The maximum absolute atomic E-state index is 14.4. The van der Waals surface area contributed by atoms with Gasteiger partial charge in [0.25, 0.3) is 0 Å². The number of carbonyl (C=O) groups excluding carboxylic acids is 1. The van der Waals surface area contributed by atoms with Crippen molar-refractivity contribution in [2.75, 3.05) is 26.2 Å². The molecule has 1 atom stereocenters. The minimum atomic E-state index is -0.231. The van der Waals surface area contributed by atoms with Crippen molar-refractivity contribution in [3.05, 3.63) is 82.4 Å². The Bertz CT molecular complexity index is 1230. The van der Waals surface area contributed by atoms with Crippen molar-refractivity contribution in [2.45, 2.75) is 58.4 Å². The number of methoxy groups -OCH3 is 3. The van der Waals surface area contributed by atoms with Gasteiger partial charge >= 0.3 is 0 Å². The standard InChI is InChI=1S/C31H37NO4/c1-20(2)27-14-11-24(16-21(27)3)32(19-23-17-25(34-4)13-15-30(23)36-6)31(33)28-9-7-8-22-10-12-26(35-5)18-29(22)28/h10-18,20,28H,7-9,19H2,1-6H3. The highest BCUT2D eigenvalue weighted by molar-refractivity contribution is 5.98. The normalized spacial score (nSPS) is 14.8. The Kier molecular flexibility index (Phi) is 7.88. The first-order valence-corrected chi connectivity index (χ1v) is 12.7. The van der Waals surface area contributed by atoms with Crippen molar-refractivity contribution in [2.24, 2.45) is 0 Å². The molecular formula is C31H37NO4. The summed E-state index contributed by atoms with van der Waals surface area (Å²) in [6.07, 6.45) is 2.78. The molecule has 0 bridgehead atoms. The second-order valence-corrected chi connectivity index (χ2v) is 9.81. The monoisotopic (exact) mass is 487 g/mol. The van der Waals surface area contributed by atoms with Crippen molar-refractivity contribution < 1.29 is 19.0 Å². The summed E-state index contributed by atoms with van der Waals surface area (Å²) in [4.78, 5) is 16.3. The van der Waals surface area contributed by atoms with E-state index in [2.05, 4.69) is 45.0 Å². The van der Waals surface area contributed by atoms with E-state index < -0.39 is 0 Å². The number of benzene rings is 3. The van der Waals surface area contributed by atoms with Gasteiger partial charge in [-0.15, -0.1) is 0 Å². The molecule has 1 amide bonds. The third-order valence-electron chi connectivity index (χ3n) is 7.23. The molecule has 1 aliphatic carbocycles. The van der Waals surface area contributed by atoms with Crippen molar-refractivity contribution in [1.29, 1.82) is 0 Å². The fourth-order valence-electron chi connectivity index (χ4n) is 5.30. The number of aryl methyl sites for hydroxylation is 2. The van der Waals surface area contributed by atoms with Crippen LogP contribution in [0.2, 0.25) is 0 Å². The quantitative estimate of drug-likeness (QED) is 0.351. The maximum Gasteiger partial charge on any atom is 0.234 e. The van der Waals surface area contributed by atoms with Gasteiger partial charge in [0.15, 0.2) is 0 Å². The summed E-state index contributed by atoms with van der Waals surface area (Å²) in [6.45, 7) is 6.89. The zero-order valence-electron chi connectivity index (χ0n) is 22.3. The van der Waals surface area contributed by atoms with Crippen LogP contribution in [0.3, 0.4) is 0 Å². The fraction of sp³-hybridized carbons (Fsp3) is 0.387. The molecule has 190 valence electrons. The fourth-order valence-corrected chi connectivity index (χ4v) is 5.30. The lowest BCUT2D eigenvalue weighted by molar-refractivity contribution is -0.120. The minimum absolute atomic E-state index is 0.0887. The highest BCUT2D eigenvalue weighted by Crippen LogP contribution is 2.38. The Morgan fingerprint density at radius 1 is 0.944 bits per heavy atom. The summed E-state index contributed by atoms with van der Waals surface area (Å²) in [5.74, 6) is 2.52. The van der Waals surface area contributed by atoms with Crippen LogP contribution in [-0.2, 0) is 17.8 Å². The van der Waals surface area contributed by atoms with E-state index in [1.54, 1.807) is 21.3 Å². The van der Waals surface area contributed by atoms with Crippen LogP contribution < -0.4 is 19.1 Å². The highest BCUT2D eigenvalue weighted by atomic mass is 16.5. The zero-order valence-corrected chi connectivity index (χ0v) is 22.3. The third kappa shape index (κ3) is 5.20. The van der Waals surface area contributed by atoms with Crippen LogP contribution in [0.1, 0.15) is 66.3 Å². The van der Waals surface area contributed by atoms with Gasteiger partial charge in [-0.2, -0.15) is 0 Å². The smallest absolute Gasteiger partial charge is 0.234 e. The highest BCUT2D eigenvalue weighted by Gasteiger charge is 2.32. The van der Waals surface area contributed by atoms with Gasteiger partial charge in [0.1, 0.15) is 17.2 Å². The summed E-state index contributed by atoms with van der Waals surface area (Å²) < 4.78 is 16.6. The van der Waals surface area contributed by atoms with E-state index in [1.165, 1.54) is 16.7 Å². The molecule has 0 N–H and O–H groups in total. The van der Waals surface area contributed by atoms with Crippen LogP contribution in [0.15, 0.2) is 54.6 Å². The van der Waals surface area contributed by atoms with E-state index in [1.807, 2.05) is 35.2 Å². The van der Waals surface area contributed by atoms with E-state index in [-0.39, 0.29) is 11.8 Å². The first-order valence-electron chi connectivity index (χ1n) is 12.7. The average molecular weight is 488 g/mol. The molecule has 0 heterocycles. The molecule has 1 unspecified atom stereocenters. The van der Waals surface area contributed by atoms with Crippen LogP contribution in [-0.4, -0.2) is 27.2 Å². The first kappa shape index (κ1) is 25.6. The van der Waals surface area contributed by atoms with E-state index in [9.17, 15) is 4.79 Å². The number of fused-ring (bicyclic) bond motifs is 1. The first-order chi connectivity index (χ1) is 17.4. The van der Waals surface area contributed by atoms with Gasteiger partial charge in [-0.05, 0) is 96.8 Å². The molecule has 0 radical (unpaired) electrons. The van der Waals surface area contributed by atoms with Gasteiger partial charge in [0.2, 0.25) is 5.91 Å². The number of amides is 1. The molecule has 0 aliphatic heterocycles. The van der Waals surface area contributed by atoms with E-state index in [0.717, 1.165) is 53.3 Å². The molecular weight excluding hydrogens is 450 g/mol. The van der Waals surface area contributed by atoms with Gasteiger partial charge in [0, 0.05) is 11.3 Å². The van der Waals surface area contributed by atoms with Crippen molar-refractivity contribution >= 4 is 11.6 Å². The van der Waals surface area contributed by atoms with Crippen molar-refractivity contribution in [1.82, 2.24) is 0 Å². The molecule has 0 fully saturated rings. The number of ether oxygens (including phenoxy) is 3. The van der Waals surface area contributed by atoms with Crippen LogP contribution >= 0.6 is 0 Å². The van der Waals surface area contributed by atoms with Crippen molar-refractivity contribution in [3.63, 3.8) is 0 Å². The largest absolute Gasteiger partial charge is 0.497 e. The molecule has 0 aromatic heterocycles. The molecule has 4 rings (SSSR count). The van der Waals surface area contributed by atoms with Gasteiger partial charge in [0.05, 0.1) is 33.8 Å². The molecule has 0 saturated carbocycles. The Morgan fingerprint density at radius 3 is 2.33 bits per heavy atom. The lowest BCUT2D eigenvalue weighted by Gasteiger charge is -2.32. The topological polar surface area (TPSA) is 48.0 Å². The molecule has 3 aromatic rings.